The average Bonchev–Trinajstić information content (AvgIpc) is 3.50. The summed E-state index contributed by atoms with van der Waals surface area (Å²) < 4.78 is 10.1. The van der Waals surface area contributed by atoms with Crippen LogP contribution >= 0.6 is 23.1 Å². The molecule has 2 aromatic carbocycles. The predicted molar refractivity (Wildman–Crippen MR) is 146 cm³/mol. The first-order valence-electron chi connectivity index (χ1n) is 12.3. The molecule has 0 N–H and O–H groups in total. The Morgan fingerprint density at radius 3 is 2.50 bits per heavy atom. The minimum atomic E-state index is 0.0300. The lowest BCUT2D eigenvalue weighted by Crippen LogP contribution is -2.29. The molecular formula is C28H28N4O2S2. The van der Waals surface area contributed by atoms with Gasteiger partial charge < -0.3 is 4.74 Å². The van der Waals surface area contributed by atoms with Crippen LogP contribution in [0.5, 0.6) is 0 Å². The lowest BCUT2D eigenvalue weighted by Gasteiger charge is -2.26. The largest absolute Gasteiger partial charge is 0.372 e. The molecule has 1 atom stereocenters. The van der Waals surface area contributed by atoms with E-state index in [1.54, 1.807) is 23.1 Å². The number of thiophene rings is 1. The number of hydrogen-bond donors (Lipinski definition) is 0. The number of aryl methyl sites for hydroxylation is 2. The number of nitrogens with zero attached hydrogens (tertiary/aromatic N) is 4. The molecule has 0 aliphatic carbocycles. The molecule has 1 aliphatic heterocycles. The maximum atomic E-state index is 14.0. The molecular weight excluding hydrogens is 488 g/mol. The van der Waals surface area contributed by atoms with Crippen LogP contribution in [0.1, 0.15) is 35.4 Å². The maximum absolute atomic E-state index is 14.0. The van der Waals surface area contributed by atoms with E-state index in [2.05, 4.69) is 64.8 Å². The van der Waals surface area contributed by atoms with Gasteiger partial charge in [-0.05, 0) is 29.0 Å². The lowest BCUT2D eigenvalue weighted by molar-refractivity contribution is 0.00200. The molecule has 0 saturated heterocycles. The zero-order chi connectivity index (χ0) is 24.6. The Bertz CT molecular complexity index is 1570. The van der Waals surface area contributed by atoms with Crippen LogP contribution in [0.3, 0.4) is 0 Å². The van der Waals surface area contributed by atoms with Crippen molar-refractivity contribution in [3.63, 3.8) is 0 Å². The van der Waals surface area contributed by atoms with Crippen LogP contribution in [0.15, 0.2) is 70.6 Å². The van der Waals surface area contributed by atoms with Crippen molar-refractivity contribution in [3.05, 3.63) is 92.6 Å². The molecule has 0 spiro atoms. The Hall–Kier alpha value is -2.94. The van der Waals surface area contributed by atoms with Crippen molar-refractivity contribution in [2.75, 3.05) is 0 Å². The molecule has 0 fully saturated rings. The van der Waals surface area contributed by atoms with Crippen LogP contribution in [0.4, 0.5) is 0 Å². The highest BCUT2D eigenvalue weighted by atomic mass is 32.2. The summed E-state index contributed by atoms with van der Waals surface area (Å²) in [6, 6.07) is 20.7. The smallest absolute Gasteiger partial charge is 0.263 e. The van der Waals surface area contributed by atoms with Gasteiger partial charge in [0.2, 0.25) is 5.78 Å². The van der Waals surface area contributed by atoms with Crippen molar-refractivity contribution in [1.29, 1.82) is 0 Å². The second-order valence-electron chi connectivity index (χ2n) is 9.57. The van der Waals surface area contributed by atoms with Gasteiger partial charge in [0.15, 0.2) is 5.16 Å². The number of aromatic nitrogens is 4. The minimum Gasteiger partial charge on any atom is -0.372 e. The number of ether oxygens (including phenoxy) is 1. The Morgan fingerprint density at radius 2 is 1.78 bits per heavy atom. The highest BCUT2D eigenvalue weighted by Gasteiger charge is 2.29. The zero-order valence-electron chi connectivity index (χ0n) is 20.4. The van der Waals surface area contributed by atoms with Crippen molar-refractivity contribution in [2.45, 2.75) is 56.9 Å². The Morgan fingerprint density at radius 1 is 1.06 bits per heavy atom. The molecule has 0 saturated carbocycles. The minimum absolute atomic E-state index is 0.0300. The van der Waals surface area contributed by atoms with Crippen LogP contribution in [0.25, 0.3) is 16.0 Å². The standard InChI is InChI=1S/C28H28N4O2S2/c1-18(2)22-15-21-23(16-34-22)36-26-24(21)25(33)31(14-13-19-9-5-3-6-10-19)27-29-30-28(32(26)27)35-17-20-11-7-4-8-12-20/h3-12,18,22H,13-17H2,1-2H3/t22-/m0/s1. The topological polar surface area (TPSA) is 61.4 Å². The third kappa shape index (κ3) is 4.27. The summed E-state index contributed by atoms with van der Waals surface area (Å²) in [5.74, 6) is 1.79. The molecule has 0 radical (unpaired) electrons. The molecule has 1 aliphatic rings. The summed E-state index contributed by atoms with van der Waals surface area (Å²) in [6.45, 7) is 5.47. The van der Waals surface area contributed by atoms with Gasteiger partial charge in [-0.25, -0.2) is 4.40 Å². The number of thioether (sulfide) groups is 1. The second kappa shape index (κ2) is 9.84. The van der Waals surface area contributed by atoms with Crippen molar-refractivity contribution >= 4 is 39.1 Å². The first-order valence-corrected chi connectivity index (χ1v) is 14.1. The normalized spacial score (nSPS) is 15.7. The van der Waals surface area contributed by atoms with E-state index in [-0.39, 0.29) is 11.7 Å². The lowest BCUT2D eigenvalue weighted by atomic mass is 9.96. The summed E-state index contributed by atoms with van der Waals surface area (Å²) >= 11 is 3.31. The third-order valence-electron chi connectivity index (χ3n) is 6.85. The van der Waals surface area contributed by atoms with Crippen molar-refractivity contribution < 1.29 is 4.74 Å². The van der Waals surface area contributed by atoms with E-state index in [1.165, 1.54) is 11.1 Å². The van der Waals surface area contributed by atoms with Gasteiger partial charge in [0, 0.05) is 23.6 Å². The fourth-order valence-electron chi connectivity index (χ4n) is 4.82. The molecule has 0 amide bonds. The van der Waals surface area contributed by atoms with Gasteiger partial charge in [-0.1, -0.05) is 86.3 Å². The van der Waals surface area contributed by atoms with E-state index in [1.807, 2.05) is 28.8 Å². The highest BCUT2D eigenvalue weighted by Crippen LogP contribution is 2.37. The van der Waals surface area contributed by atoms with Crippen LogP contribution in [-0.4, -0.2) is 25.3 Å². The first-order chi connectivity index (χ1) is 17.6. The predicted octanol–water partition coefficient (Wildman–Crippen LogP) is 5.74. The van der Waals surface area contributed by atoms with E-state index in [4.69, 9.17) is 4.74 Å². The molecule has 184 valence electrons. The van der Waals surface area contributed by atoms with Gasteiger partial charge in [-0.2, -0.15) is 0 Å². The van der Waals surface area contributed by atoms with Gasteiger partial charge in [0.05, 0.1) is 18.1 Å². The van der Waals surface area contributed by atoms with Crippen LogP contribution in [0.2, 0.25) is 0 Å². The average molecular weight is 517 g/mol. The van der Waals surface area contributed by atoms with E-state index >= 15 is 0 Å². The summed E-state index contributed by atoms with van der Waals surface area (Å²) in [7, 11) is 0. The maximum Gasteiger partial charge on any atom is 0.263 e. The molecule has 4 heterocycles. The van der Waals surface area contributed by atoms with Crippen molar-refractivity contribution in [3.8, 4) is 0 Å². The molecule has 0 bridgehead atoms. The summed E-state index contributed by atoms with van der Waals surface area (Å²) in [6.07, 6.45) is 1.64. The van der Waals surface area contributed by atoms with Crippen molar-refractivity contribution in [1.82, 2.24) is 19.2 Å². The molecule has 6 rings (SSSR count). The SMILES string of the molecule is CC(C)[C@@H]1Cc2c(sc3c2c(=O)n(CCc2ccccc2)c2nnc(SCc4ccccc4)n32)CO1. The molecule has 0 unspecified atom stereocenters. The first kappa shape index (κ1) is 23.5. The van der Waals surface area contributed by atoms with Crippen LogP contribution < -0.4 is 5.56 Å². The van der Waals surface area contributed by atoms with Gasteiger partial charge in [-0.15, -0.1) is 21.5 Å². The molecule has 3 aromatic heterocycles. The molecule has 8 heteroatoms. The molecule has 5 aromatic rings. The van der Waals surface area contributed by atoms with Gasteiger partial charge in [0.1, 0.15) is 4.83 Å². The fraction of sp³-hybridized carbons (Fsp3) is 0.321. The number of hydrogen-bond acceptors (Lipinski definition) is 6. The monoisotopic (exact) mass is 516 g/mol. The van der Waals surface area contributed by atoms with Gasteiger partial charge in [0.25, 0.3) is 5.56 Å². The summed E-state index contributed by atoms with van der Waals surface area (Å²) in [5.41, 5.74) is 3.60. The summed E-state index contributed by atoms with van der Waals surface area (Å²) in [4.78, 5) is 16.1. The van der Waals surface area contributed by atoms with E-state index in [0.29, 0.717) is 24.8 Å². The van der Waals surface area contributed by atoms with Gasteiger partial charge >= 0.3 is 0 Å². The third-order valence-corrected chi connectivity index (χ3v) is 9.04. The Labute approximate surface area is 217 Å². The highest BCUT2D eigenvalue weighted by molar-refractivity contribution is 7.98. The van der Waals surface area contributed by atoms with Gasteiger partial charge in [-0.3, -0.25) is 9.36 Å². The molecule has 36 heavy (non-hydrogen) atoms. The fourth-order valence-corrected chi connectivity index (χ4v) is 7.01. The number of benzene rings is 2. The van der Waals surface area contributed by atoms with E-state index < -0.39 is 0 Å². The van der Waals surface area contributed by atoms with Crippen molar-refractivity contribution in [2.24, 2.45) is 5.92 Å². The Kier molecular flexibility index (Phi) is 6.41. The summed E-state index contributed by atoms with van der Waals surface area (Å²) in [5, 5.41) is 10.7. The molecule has 6 nitrogen and oxygen atoms in total. The Balaban J connectivity index is 1.49. The van der Waals surface area contributed by atoms with Crippen LogP contribution in [0, 0.1) is 5.92 Å². The van der Waals surface area contributed by atoms with E-state index in [0.717, 1.165) is 44.4 Å². The zero-order valence-corrected chi connectivity index (χ0v) is 22.0. The number of fused-ring (bicyclic) bond motifs is 5. The number of rotatable bonds is 7. The van der Waals surface area contributed by atoms with Crippen LogP contribution in [-0.2, 0) is 36.5 Å². The quantitative estimate of drug-likeness (QED) is 0.258. The van der Waals surface area contributed by atoms with E-state index in [9.17, 15) is 4.79 Å². The second-order valence-corrected chi connectivity index (χ2v) is 11.6.